The van der Waals surface area contributed by atoms with Gasteiger partial charge >= 0.3 is 12.0 Å². The second-order valence-corrected chi connectivity index (χ2v) is 3.44. The summed E-state index contributed by atoms with van der Waals surface area (Å²) < 4.78 is 0. The number of urea groups is 1. The molecule has 0 unspecified atom stereocenters. The molecule has 0 radical (unpaired) electrons. The first kappa shape index (κ1) is 13.0. The number of carbonyl (C=O) groups excluding carboxylic acids is 1. The number of hydrogen-bond acceptors (Lipinski definition) is 3. The van der Waals surface area contributed by atoms with Gasteiger partial charge in [0.2, 0.25) is 0 Å². The third kappa shape index (κ3) is 6.14. The Labute approximate surface area is 99.1 Å². The van der Waals surface area contributed by atoms with Crippen molar-refractivity contribution >= 4 is 12.0 Å². The van der Waals surface area contributed by atoms with E-state index >= 15 is 0 Å². The van der Waals surface area contributed by atoms with E-state index in [1.54, 1.807) is 12.4 Å². The molecule has 0 spiro atoms. The molecular weight excluding hydrogens is 222 g/mol. The fourth-order valence-electron chi connectivity index (χ4n) is 1.21. The zero-order valence-corrected chi connectivity index (χ0v) is 9.35. The van der Waals surface area contributed by atoms with Gasteiger partial charge in [0.15, 0.2) is 0 Å². The fraction of sp³-hybridized carbons (Fsp3) is 0.364. The van der Waals surface area contributed by atoms with Crippen LogP contribution in [0.25, 0.3) is 0 Å². The van der Waals surface area contributed by atoms with Gasteiger partial charge in [-0.25, -0.2) is 4.79 Å². The lowest BCUT2D eigenvalue weighted by Gasteiger charge is -2.06. The molecule has 0 aliphatic heterocycles. The van der Waals surface area contributed by atoms with Crippen LogP contribution in [0.3, 0.4) is 0 Å². The van der Waals surface area contributed by atoms with Crippen molar-refractivity contribution in [2.75, 3.05) is 13.1 Å². The molecule has 0 saturated carbocycles. The van der Waals surface area contributed by atoms with Crippen LogP contribution in [0.4, 0.5) is 4.79 Å². The predicted octanol–water partition coefficient (Wildman–Crippen LogP) is 0.398. The number of carboxylic acids is 1. The van der Waals surface area contributed by atoms with E-state index in [0.29, 0.717) is 13.0 Å². The van der Waals surface area contributed by atoms with Gasteiger partial charge in [-0.15, -0.1) is 0 Å². The van der Waals surface area contributed by atoms with Crippen LogP contribution in [0.2, 0.25) is 0 Å². The van der Waals surface area contributed by atoms with Crippen molar-refractivity contribution in [2.24, 2.45) is 0 Å². The molecule has 0 fully saturated rings. The second kappa shape index (κ2) is 7.21. The van der Waals surface area contributed by atoms with Gasteiger partial charge in [0, 0.05) is 25.5 Å². The number of aromatic nitrogens is 1. The lowest BCUT2D eigenvalue weighted by atomic mass is 10.2. The molecule has 0 aliphatic carbocycles. The molecule has 0 atom stereocenters. The van der Waals surface area contributed by atoms with Crippen molar-refractivity contribution in [1.29, 1.82) is 0 Å². The number of pyridine rings is 1. The number of hydrogen-bond donors (Lipinski definition) is 3. The van der Waals surface area contributed by atoms with Crippen LogP contribution in [0.5, 0.6) is 0 Å². The Balaban J connectivity index is 2.10. The molecule has 17 heavy (non-hydrogen) atoms. The van der Waals surface area contributed by atoms with Crippen LogP contribution in [0, 0.1) is 0 Å². The average Bonchev–Trinajstić information content (AvgIpc) is 2.30. The predicted molar refractivity (Wildman–Crippen MR) is 61.6 cm³/mol. The maximum atomic E-state index is 11.2. The summed E-state index contributed by atoms with van der Waals surface area (Å²) in [5, 5.41) is 13.5. The molecule has 1 heterocycles. The summed E-state index contributed by atoms with van der Waals surface area (Å²) in [6.45, 7) is 0.624. The van der Waals surface area contributed by atoms with Crippen LogP contribution in [0.15, 0.2) is 24.5 Å². The number of amides is 2. The molecule has 3 N–H and O–H groups in total. The maximum Gasteiger partial charge on any atom is 0.314 e. The largest absolute Gasteiger partial charge is 0.481 e. The number of rotatable bonds is 6. The first-order valence-electron chi connectivity index (χ1n) is 5.31. The van der Waals surface area contributed by atoms with E-state index in [9.17, 15) is 9.59 Å². The number of nitrogens with one attached hydrogen (secondary N) is 2. The monoisotopic (exact) mass is 237 g/mol. The Morgan fingerprint density at radius 2 is 2.06 bits per heavy atom. The lowest BCUT2D eigenvalue weighted by Crippen LogP contribution is -2.37. The minimum Gasteiger partial charge on any atom is -0.481 e. The van der Waals surface area contributed by atoms with Crippen LogP contribution in [-0.4, -0.2) is 35.2 Å². The van der Waals surface area contributed by atoms with E-state index in [0.717, 1.165) is 5.56 Å². The second-order valence-electron chi connectivity index (χ2n) is 3.44. The molecule has 2 amide bonds. The van der Waals surface area contributed by atoms with Gasteiger partial charge < -0.3 is 15.7 Å². The third-order valence-corrected chi connectivity index (χ3v) is 2.05. The summed E-state index contributed by atoms with van der Waals surface area (Å²) in [7, 11) is 0. The first-order valence-corrected chi connectivity index (χ1v) is 5.31. The van der Waals surface area contributed by atoms with Gasteiger partial charge in [-0.1, -0.05) is 6.07 Å². The highest BCUT2D eigenvalue weighted by molar-refractivity contribution is 5.74. The number of carboxylic acid groups (broad SMARTS) is 1. The van der Waals surface area contributed by atoms with E-state index in [-0.39, 0.29) is 19.0 Å². The van der Waals surface area contributed by atoms with Crippen LogP contribution in [-0.2, 0) is 11.2 Å². The standard InChI is InChI=1S/C11H15N3O3/c15-10(16)4-7-14-11(17)13-6-3-9-2-1-5-12-8-9/h1-2,5,8H,3-4,6-7H2,(H,15,16)(H2,13,14,17). The van der Waals surface area contributed by atoms with E-state index in [4.69, 9.17) is 5.11 Å². The Morgan fingerprint density at radius 3 is 2.71 bits per heavy atom. The molecule has 1 aromatic rings. The highest BCUT2D eigenvalue weighted by Gasteiger charge is 2.01. The third-order valence-electron chi connectivity index (χ3n) is 2.05. The minimum absolute atomic E-state index is 0.0734. The fourth-order valence-corrected chi connectivity index (χ4v) is 1.21. The van der Waals surface area contributed by atoms with E-state index in [1.807, 2.05) is 12.1 Å². The van der Waals surface area contributed by atoms with Crippen molar-refractivity contribution in [1.82, 2.24) is 15.6 Å². The summed E-state index contributed by atoms with van der Waals surface area (Å²) >= 11 is 0. The van der Waals surface area contributed by atoms with Crippen molar-refractivity contribution < 1.29 is 14.7 Å². The number of nitrogens with zero attached hydrogens (tertiary/aromatic N) is 1. The normalized spacial score (nSPS) is 9.65. The average molecular weight is 237 g/mol. The zero-order chi connectivity index (χ0) is 12.5. The summed E-state index contributed by atoms with van der Waals surface area (Å²) in [6, 6.07) is 3.41. The molecule has 1 aromatic heterocycles. The lowest BCUT2D eigenvalue weighted by molar-refractivity contribution is -0.136. The van der Waals surface area contributed by atoms with Crippen molar-refractivity contribution in [2.45, 2.75) is 12.8 Å². The first-order chi connectivity index (χ1) is 8.18. The summed E-state index contributed by atoms with van der Waals surface area (Å²) in [6.07, 6.45) is 4.05. The van der Waals surface area contributed by atoms with E-state index in [1.165, 1.54) is 0 Å². The minimum atomic E-state index is -0.930. The van der Waals surface area contributed by atoms with E-state index in [2.05, 4.69) is 15.6 Å². The maximum absolute atomic E-state index is 11.2. The SMILES string of the molecule is O=C(O)CCNC(=O)NCCc1cccnc1. The molecule has 6 nitrogen and oxygen atoms in total. The zero-order valence-electron chi connectivity index (χ0n) is 9.35. The molecule has 0 aromatic carbocycles. The molecule has 6 heteroatoms. The van der Waals surface area contributed by atoms with Gasteiger partial charge in [0.05, 0.1) is 6.42 Å². The van der Waals surface area contributed by atoms with Gasteiger partial charge in [0.1, 0.15) is 0 Å². The molecule has 0 aliphatic rings. The number of carbonyl (C=O) groups is 2. The molecule has 0 saturated heterocycles. The molecule has 0 bridgehead atoms. The molecular formula is C11H15N3O3. The van der Waals surface area contributed by atoms with Crippen molar-refractivity contribution in [3.63, 3.8) is 0 Å². The van der Waals surface area contributed by atoms with Gasteiger partial charge in [-0.3, -0.25) is 9.78 Å². The van der Waals surface area contributed by atoms with Crippen molar-refractivity contribution in [3.8, 4) is 0 Å². The summed E-state index contributed by atoms with van der Waals surface area (Å²) in [5.74, 6) is -0.930. The van der Waals surface area contributed by atoms with Crippen molar-refractivity contribution in [3.05, 3.63) is 30.1 Å². The Morgan fingerprint density at radius 1 is 1.29 bits per heavy atom. The van der Waals surface area contributed by atoms with E-state index < -0.39 is 5.97 Å². The van der Waals surface area contributed by atoms with Crippen LogP contribution < -0.4 is 10.6 Å². The van der Waals surface area contributed by atoms with Gasteiger partial charge in [0.25, 0.3) is 0 Å². The summed E-state index contributed by atoms with van der Waals surface area (Å²) in [4.78, 5) is 25.3. The Kier molecular flexibility index (Phi) is 5.50. The van der Waals surface area contributed by atoms with Crippen LogP contribution in [0.1, 0.15) is 12.0 Å². The molecule has 92 valence electrons. The highest BCUT2D eigenvalue weighted by Crippen LogP contribution is 1.95. The quantitative estimate of drug-likeness (QED) is 0.667. The molecule has 1 rings (SSSR count). The summed E-state index contributed by atoms with van der Waals surface area (Å²) in [5.41, 5.74) is 1.04. The highest BCUT2D eigenvalue weighted by atomic mass is 16.4. The van der Waals surface area contributed by atoms with Crippen LogP contribution >= 0.6 is 0 Å². The smallest absolute Gasteiger partial charge is 0.314 e. The Bertz CT molecular complexity index is 367. The topological polar surface area (TPSA) is 91.3 Å². The van der Waals surface area contributed by atoms with Gasteiger partial charge in [-0.2, -0.15) is 0 Å². The number of aliphatic carboxylic acids is 1. The van der Waals surface area contributed by atoms with Gasteiger partial charge in [-0.05, 0) is 18.1 Å². The Hall–Kier alpha value is -2.11.